The predicted octanol–water partition coefficient (Wildman–Crippen LogP) is 2.56. The van der Waals surface area contributed by atoms with E-state index in [2.05, 4.69) is 65.3 Å². The lowest BCUT2D eigenvalue weighted by Gasteiger charge is -2.28. The molecular weight excluding hydrogens is 342 g/mol. The molecule has 1 aromatic heterocycles. The van der Waals surface area contributed by atoms with Gasteiger partial charge in [0, 0.05) is 25.2 Å². The fourth-order valence-electron chi connectivity index (χ4n) is 2.61. The summed E-state index contributed by atoms with van der Waals surface area (Å²) in [4.78, 5) is 21.9. The van der Waals surface area contributed by atoms with Crippen molar-refractivity contribution >= 4 is 17.8 Å². The summed E-state index contributed by atoms with van der Waals surface area (Å²) in [7, 11) is 2.11. The Morgan fingerprint density at radius 1 is 1.22 bits per heavy atom. The topological polar surface area (TPSA) is 90.4 Å². The predicted molar refractivity (Wildman–Crippen MR) is 106 cm³/mol. The normalized spacial score (nSPS) is 12.5. The molecule has 2 aromatic rings. The molecule has 1 atom stereocenters. The molecule has 7 heteroatoms. The fraction of sp³-hybridized carbons (Fsp3) is 0.350. The number of anilines is 1. The van der Waals surface area contributed by atoms with Crippen molar-refractivity contribution in [2.45, 2.75) is 26.4 Å². The summed E-state index contributed by atoms with van der Waals surface area (Å²) in [6.07, 6.45) is 5.89. The minimum atomic E-state index is -0.611. The molecule has 1 heterocycles. The SMILES string of the molecule is CC(C)[C@H](CN(C)Cc1ccccc1)Nc1cnc(C=CC(=O)NO)cn1. The third-order valence-corrected chi connectivity index (χ3v) is 4.13. The van der Waals surface area contributed by atoms with Crippen molar-refractivity contribution in [1.29, 1.82) is 0 Å². The number of hydrogen-bond acceptors (Lipinski definition) is 6. The van der Waals surface area contributed by atoms with Gasteiger partial charge in [0.2, 0.25) is 0 Å². The quantitative estimate of drug-likeness (QED) is 0.358. The zero-order valence-corrected chi connectivity index (χ0v) is 16.0. The Morgan fingerprint density at radius 2 is 1.96 bits per heavy atom. The van der Waals surface area contributed by atoms with E-state index in [1.807, 2.05) is 6.07 Å². The Bertz CT molecular complexity index is 732. The molecule has 1 aromatic carbocycles. The number of amides is 1. The van der Waals surface area contributed by atoms with Gasteiger partial charge < -0.3 is 10.2 Å². The van der Waals surface area contributed by atoms with E-state index < -0.39 is 5.91 Å². The third kappa shape index (κ3) is 7.16. The molecular formula is C20H27N5O2. The van der Waals surface area contributed by atoms with Crippen LogP contribution in [0, 0.1) is 5.92 Å². The summed E-state index contributed by atoms with van der Waals surface area (Å²) in [5.74, 6) is 0.490. The van der Waals surface area contributed by atoms with E-state index in [9.17, 15) is 4.79 Å². The van der Waals surface area contributed by atoms with Gasteiger partial charge in [-0.15, -0.1) is 0 Å². The van der Waals surface area contributed by atoms with Crippen LogP contribution in [0.25, 0.3) is 6.08 Å². The monoisotopic (exact) mass is 369 g/mol. The lowest BCUT2D eigenvalue weighted by molar-refractivity contribution is -0.124. The van der Waals surface area contributed by atoms with Crippen LogP contribution in [-0.2, 0) is 11.3 Å². The highest BCUT2D eigenvalue weighted by Gasteiger charge is 2.16. The molecule has 27 heavy (non-hydrogen) atoms. The number of likely N-dealkylation sites (N-methyl/N-ethyl adjacent to an activating group) is 1. The van der Waals surface area contributed by atoms with Crippen LogP contribution in [0.3, 0.4) is 0 Å². The second kappa shape index (κ2) is 10.4. The van der Waals surface area contributed by atoms with E-state index in [0.717, 1.165) is 13.1 Å². The van der Waals surface area contributed by atoms with Crippen molar-refractivity contribution in [3.8, 4) is 0 Å². The maximum absolute atomic E-state index is 11.0. The third-order valence-electron chi connectivity index (χ3n) is 4.13. The maximum Gasteiger partial charge on any atom is 0.267 e. The zero-order chi connectivity index (χ0) is 19.6. The lowest BCUT2D eigenvalue weighted by atomic mass is 10.0. The molecule has 0 unspecified atom stereocenters. The minimum Gasteiger partial charge on any atom is -0.365 e. The van der Waals surface area contributed by atoms with Crippen molar-refractivity contribution in [1.82, 2.24) is 20.3 Å². The van der Waals surface area contributed by atoms with E-state index in [1.54, 1.807) is 12.4 Å². The number of nitrogens with zero attached hydrogens (tertiary/aromatic N) is 3. The molecule has 3 N–H and O–H groups in total. The summed E-state index contributed by atoms with van der Waals surface area (Å²) in [6, 6.07) is 10.6. The van der Waals surface area contributed by atoms with Crippen molar-refractivity contribution in [2.24, 2.45) is 5.92 Å². The number of carbonyl (C=O) groups excluding carboxylic acids is 1. The number of hydroxylamine groups is 1. The van der Waals surface area contributed by atoms with Gasteiger partial charge in [0.05, 0.1) is 18.1 Å². The Hall–Kier alpha value is -2.77. The van der Waals surface area contributed by atoms with Crippen LogP contribution in [0.1, 0.15) is 25.1 Å². The average Bonchev–Trinajstić information content (AvgIpc) is 2.67. The van der Waals surface area contributed by atoms with Gasteiger partial charge in [-0.1, -0.05) is 44.2 Å². The molecule has 7 nitrogen and oxygen atoms in total. The molecule has 0 aliphatic carbocycles. The number of carbonyl (C=O) groups is 1. The van der Waals surface area contributed by atoms with E-state index in [-0.39, 0.29) is 6.04 Å². The number of hydrogen-bond donors (Lipinski definition) is 3. The molecule has 0 radical (unpaired) electrons. The van der Waals surface area contributed by atoms with Crippen LogP contribution >= 0.6 is 0 Å². The highest BCUT2D eigenvalue weighted by atomic mass is 16.5. The molecule has 0 aliphatic heterocycles. The summed E-state index contributed by atoms with van der Waals surface area (Å²) >= 11 is 0. The first-order chi connectivity index (χ1) is 13.0. The van der Waals surface area contributed by atoms with Gasteiger partial charge in [0.1, 0.15) is 5.82 Å². The average molecular weight is 369 g/mol. The molecule has 0 aliphatic rings. The first-order valence-electron chi connectivity index (χ1n) is 8.91. The highest BCUT2D eigenvalue weighted by molar-refractivity contribution is 5.90. The molecule has 1 amide bonds. The zero-order valence-electron chi connectivity index (χ0n) is 16.0. The Morgan fingerprint density at radius 3 is 2.56 bits per heavy atom. The number of benzene rings is 1. The molecule has 0 spiro atoms. The first-order valence-corrected chi connectivity index (χ1v) is 8.91. The van der Waals surface area contributed by atoms with E-state index in [4.69, 9.17) is 5.21 Å². The van der Waals surface area contributed by atoms with Gasteiger partial charge in [0.15, 0.2) is 0 Å². The number of rotatable bonds is 9. The Balaban J connectivity index is 1.95. The van der Waals surface area contributed by atoms with Crippen LogP contribution < -0.4 is 10.8 Å². The van der Waals surface area contributed by atoms with Crippen molar-refractivity contribution < 1.29 is 10.0 Å². The van der Waals surface area contributed by atoms with Gasteiger partial charge in [0.25, 0.3) is 5.91 Å². The number of nitrogens with one attached hydrogen (secondary N) is 2. The van der Waals surface area contributed by atoms with Gasteiger partial charge in [-0.2, -0.15) is 0 Å². The molecule has 144 valence electrons. The standard InChI is InChI=1S/C20H27N5O2/c1-15(2)18(14-25(3)13-16-7-5-4-6-8-16)23-19-12-21-17(11-22-19)9-10-20(26)24-27/h4-12,15,18,27H,13-14H2,1-3H3,(H,22,23)(H,24,26)/t18-/m0/s1. The molecule has 2 rings (SSSR count). The lowest BCUT2D eigenvalue weighted by Crippen LogP contribution is -2.38. The molecule has 0 fully saturated rings. The maximum atomic E-state index is 11.0. The van der Waals surface area contributed by atoms with Crippen molar-refractivity contribution in [3.05, 3.63) is 60.1 Å². The summed E-state index contributed by atoms with van der Waals surface area (Å²) < 4.78 is 0. The summed E-state index contributed by atoms with van der Waals surface area (Å²) in [5, 5.41) is 11.9. The van der Waals surface area contributed by atoms with E-state index in [0.29, 0.717) is 17.4 Å². The summed E-state index contributed by atoms with van der Waals surface area (Å²) in [5.41, 5.74) is 3.35. The second-order valence-corrected chi connectivity index (χ2v) is 6.81. The van der Waals surface area contributed by atoms with Crippen molar-refractivity contribution in [2.75, 3.05) is 18.9 Å². The Labute approximate surface area is 160 Å². The van der Waals surface area contributed by atoms with Crippen LogP contribution in [0.5, 0.6) is 0 Å². The number of aromatic nitrogens is 2. The molecule has 0 saturated heterocycles. The van der Waals surface area contributed by atoms with Crippen molar-refractivity contribution in [3.63, 3.8) is 0 Å². The summed E-state index contributed by atoms with van der Waals surface area (Å²) in [6.45, 7) is 6.10. The van der Waals surface area contributed by atoms with Gasteiger partial charge >= 0.3 is 0 Å². The minimum absolute atomic E-state index is 0.217. The van der Waals surface area contributed by atoms with E-state index in [1.165, 1.54) is 23.2 Å². The van der Waals surface area contributed by atoms with Gasteiger partial charge in [-0.05, 0) is 24.6 Å². The largest absolute Gasteiger partial charge is 0.365 e. The van der Waals surface area contributed by atoms with Crippen LogP contribution in [0.2, 0.25) is 0 Å². The van der Waals surface area contributed by atoms with E-state index >= 15 is 0 Å². The second-order valence-electron chi connectivity index (χ2n) is 6.81. The molecule has 0 saturated carbocycles. The highest BCUT2D eigenvalue weighted by Crippen LogP contribution is 2.13. The van der Waals surface area contributed by atoms with Crippen LogP contribution in [0.4, 0.5) is 5.82 Å². The van der Waals surface area contributed by atoms with Crippen LogP contribution in [-0.4, -0.2) is 45.6 Å². The smallest absolute Gasteiger partial charge is 0.267 e. The Kier molecular flexibility index (Phi) is 7.91. The van der Waals surface area contributed by atoms with Gasteiger partial charge in [-0.25, -0.2) is 10.5 Å². The van der Waals surface area contributed by atoms with Crippen LogP contribution in [0.15, 0.2) is 48.8 Å². The fourth-order valence-corrected chi connectivity index (χ4v) is 2.61. The van der Waals surface area contributed by atoms with Gasteiger partial charge in [-0.3, -0.25) is 15.0 Å². The first kappa shape index (κ1) is 20.5. The molecule has 0 bridgehead atoms.